The molecule has 5 heteroatoms. The van der Waals surface area contributed by atoms with Crippen LogP contribution in [0.15, 0.2) is 48.5 Å². The summed E-state index contributed by atoms with van der Waals surface area (Å²) in [4.78, 5) is 11.7. The topological polar surface area (TPSA) is 35.5 Å². The average Bonchev–Trinajstić information content (AvgIpc) is 2.47. The van der Waals surface area contributed by atoms with Gasteiger partial charge in [-0.3, -0.25) is 0 Å². The third-order valence-electron chi connectivity index (χ3n) is 2.91. The summed E-state index contributed by atoms with van der Waals surface area (Å²) >= 11 is 0. The zero-order valence-corrected chi connectivity index (χ0v) is 11.6. The van der Waals surface area contributed by atoms with Crippen molar-refractivity contribution in [3.05, 3.63) is 59.7 Å². The molecule has 0 aromatic heterocycles. The normalized spacial score (nSPS) is 11.0. The standard InChI is InChI=1S/C16H14F2O3/c1-11-4-3-5-14(10-11)21-15(19)16(17,18)12-6-8-13(20-2)9-7-12/h3-10H,1-2H3. The van der Waals surface area contributed by atoms with E-state index in [-0.39, 0.29) is 5.75 Å². The lowest BCUT2D eigenvalue weighted by atomic mass is 10.1. The Morgan fingerprint density at radius 2 is 1.71 bits per heavy atom. The second-order valence-corrected chi connectivity index (χ2v) is 4.51. The van der Waals surface area contributed by atoms with Gasteiger partial charge in [0.05, 0.1) is 7.11 Å². The molecular formula is C16H14F2O3. The fourth-order valence-corrected chi connectivity index (χ4v) is 1.77. The van der Waals surface area contributed by atoms with Crippen LogP contribution < -0.4 is 9.47 Å². The molecular weight excluding hydrogens is 278 g/mol. The number of ether oxygens (including phenoxy) is 2. The maximum absolute atomic E-state index is 14.1. The van der Waals surface area contributed by atoms with E-state index in [1.165, 1.54) is 31.4 Å². The van der Waals surface area contributed by atoms with Gasteiger partial charge in [-0.05, 0) is 48.9 Å². The number of hydrogen-bond acceptors (Lipinski definition) is 3. The number of aryl methyl sites for hydroxylation is 1. The van der Waals surface area contributed by atoms with Crippen LogP contribution >= 0.6 is 0 Å². The van der Waals surface area contributed by atoms with Crippen LogP contribution in [0.4, 0.5) is 8.78 Å². The Morgan fingerprint density at radius 3 is 2.29 bits per heavy atom. The number of benzene rings is 2. The largest absolute Gasteiger partial charge is 0.497 e. The molecule has 0 amide bonds. The highest BCUT2D eigenvalue weighted by atomic mass is 19.3. The van der Waals surface area contributed by atoms with Crippen molar-refractivity contribution in [2.24, 2.45) is 0 Å². The van der Waals surface area contributed by atoms with E-state index in [0.29, 0.717) is 5.75 Å². The first-order chi connectivity index (χ1) is 9.93. The van der Waals surface area contributed by atoms with Gasteiger partial charge in [-0.2, -0.15) is 8.78 Å². The van der Waals surface area contributed by atoms with Crippen LogP contribution in [0.1, 0.15) is 11.1 Å². The van der Waals surface area contributed by atoms with E-state index in [1.807, 2.05) is 0 Å². The molecule has 0 unspecified atom stereocenters. The van der Waals surface area contributed by atoms with Crippen molar-refractivity contribution in [2.45, 2.75) is 12.8 Å². The third kappa shape index (κ3) is 3.37. The van der Waals surface area contributed by atoms with Gasteiger partial charge in [0.2, 0.25) is 0 Å². The minimum atomic E-state index is -3.73. The first-order valence-electron chi connectivity index (χ1n) is 6.25. The van der Waals surface area contributed by atoms with Gasteiger partial charge in [0.15, 0.2) is 0 Å². The average molecular weight is 292 g/mol. The van der Waals surface area contributed by atoms with Crippen molar-refractivity contribution in [1.82, 2.24) is 0 Å². The first kappa shape index (κ1) is 15.0. The molecule has 2 aromatic carbocycles. The van der Waals surface area contributed by atoms with E-state index >= 15 is 0 Å². The van der Waals surface area contributed by atoms with E-state index in [0.717, 1.165) is 17.7 Å². The number of carbonyl (C=O) groups is 1. The van der Waals surface area contributed by atoms with Crippen LogP contribution in [0.3, 0.4) is 0 Å². The number of methoxy groups -OCH3 is 1. The Balaban J connectivity index is 2.19. The monoisotopic (exact) mass is 292 g/mol. The van der Waals surface area contributed by atoms with Crippen molar-refractivity contribution >= 4 is 5.97 Å². The summed E-state index contributed by atoms with van der Waals surface area (Å²) in [5, 5.41) is 0. The van der Waals surface area contributed by atoms with E-state index in [2.05, 4.69) is 0 Å². The Morgan fingerprint density at radius 1 is 1.05 bits per heavy atom. The van der Waals surface area contributed by atoms with Crippen LogP contribution in [0.5, 0.6) is 11.5 Å². The number of carbonyl (C=O) groups excluding carboxylic acids is 1. The van der Waals surface area contributed by atoms with Gasteiger partial charge in [0.1, 0.15) is 11.5 Å². The van der Waals surface area contributed by atoms with E-state index in [1.54, 1.807) is 19.1 Å². The zero-order valence-electron chi connectivity index (χ0n) is 11.6. The molecule has 0 aliphatic carbocycles. The summed E-state index contributed by atoms with van der Waals surface area (Å²) in [7, 11) is 1.43. The molecule has 110 valence electrons. The molecule has 0 aliphatic rings. The number of alkyl halides is 2. The smallest absolute Gasteiger partial charge is 0.387 e. The van der Waals surface area contributed by atoms with Gasteiger partial charge in [-0.15, -0.1) is 0 Å². The maximum Gasteiger partial charge on any atom is 0.387 e. The van der Waals surface area contributed by atoms with Crippen LogP contribution in [0.25, 0.3) is 0 Å². The van der Waals surface area contributed by atoms with Gasteiger partial charge in [0.25, 0.3) is 0 Å². The van der Waals surface area contributed by atoms with Crippen molar-refractivity contribution in [1.29, 1.82) is 0 Å². The molecule has 0 bridgehead atoms. The summed E-state index contributed by atoms with van der Waals surface area (Å²) in [6, 6.07) is 11.4. The second-order valence-electron chi connectivity index (χ2n) is 4.51. The highest BCUT2D eigenvalue weighted by Gasteiger charge is 2.43. The third-order valence-corrected chi connectivity index (χ3v) is 2.91. The van der Waals surface area contributed by atoms with Gasteiger partial charge in [-0.1, -0.05) is 12.1 Å². The molecule has 0 spiro atoms. The minimum absolute atomic E-state index is 0.0909. The molecule has 0 fully saturated rings. The highest BCUT2D eigenvalue weighted by molar-refractivity contribution is 5.81. The number of rotatable bonds is 4. The number of halogens is 2. The van der Waals surface area contributed by atoms with Crippen LogP contribution in [0.2, 0.25) is 0 Å². The van der Waals surface area contributed by atoms with E-state index in [9.17, 15) is 13.6 Å². The highest BCUT2D eigenvalue weighted by Crippen LogP contribution is 2.31. The quantitative estimate of drug-likeness (QED) is 0.636. The number of hydrogen-bond donors (Lipinski definition) is 0. The molecule has 0 N–H and O–H groups in total. The van der Waals surface area contributed by atoms with Crippen molar-refractivity contribution in [3.8, 4) is 11.5 Å². The molecule has 0 heterocycles. The summed E-state index contributed by atoms with van der Waals surface area (Å²) < 4.78 is 37.8. The van der Waals surface area contributed by atoms with Crippen molar-refractivity contribution in [2.75, 3.05) is 7.11 Å². The molecule has 0 atom stereocenters. The van der Waals surface area contributed by atoms with Gasteiger partial charge in [-0.25, -0.2) is 4.79 Å². The molecule has 2 aromatic rings. The summed E-state index contributed by atoms with van der Waals surface area (Å²) in [5.74, 6) is -4.82. The first-order valence-corrected chi connectivity index (χ1v) is 6.25. The second kappa shape index (κ2) is 5.91. The lowest BCUT2D eigenvalue weighted by Gasteiger charge is -2.15. The summed E-state index contributed by atoms with van der Waals surface area (Å²) in [5.41, 5.74) is 0.369. The van der Waals surface area contributed by atoms with Crippen molar-refractivity contribution < 1.29 is 23.0 Å². The van der Waals surface area contributed by atoms with Crippen LogP contribution in [-0.4, -0.2) is 13.1 Å². The Kier molecular flexibility index (Phi) is 4.21. The molecule has 0 aliphatic heterocycles. The predicted molar refractivity (Wildman–Crippen MR) is 73.7 cm³/mol. The Labute approximate surface area is 121 Å². The Bertz CT molecular complexity index is 636. The lowest BCUT2D eigenvalue weighted by Crippen LogP contribution is -2.30. The number of esters is 1. The van der Waals surface area contributed by atoms with Crippen molar-refractivity contribution in [3.63, 3.8) is 0 Å². The molecule has 21 heavy (non-hydrogen) atoms. The lowest BCUT2D eigenvalue weighted by molar-refractivity contribution is -0.163. The van der Waals surface area contributed by atoms with E-state index in [4.69, 9.17) is 9.47 Å². The van der Waals surface area contributed by atoms with E-state index < -0.39 is 17.5 Å². The summed E-state index contributed by atoms with van der Waals surface area (Å²) in [6.07, 6.45) is 0. The molecule has 3 nitrogen and oxygen atoms in total. The molecule has 0 radical (unpaired) electrons. The fourth-order valence-electron chi connectivity index (χ4n) is 1.77. The van der Waals surface area contributed by atoms with Crippen LogP contribution in [-0.2, 0) is 10.7 Å². The van der Waals surface area contributed by atoms with Gasteiger partial charge >= 0.3 is 11.9 Å². The zero-order chi connectivity index (χ0) is 15.5. The predicted octanol–water partition coefficient (Wildman–Crippen LogP) is 3.70. The molecule has 0 saturated carbocycles. The van der Waals surface area contributed by atoms with Gasteiger partial charge < -0.3 is 9.47 Å². The minimum Gasteiger partial charge on any atom is -0.497 e. The van der Waals surface area contributed by atoms with Gasteiger partial charge in [0, 0.05) is 5.56 Å². The molecule has 2 rings (SSSR count). The Hall–Kier alpha value is -2.43. The maximum atomic E-state index is 14.1. The SMILES string of the molecule is COc1ccc(C(F)(F)C(=O)Oc2cccc(C)c2)cc1. The molecule has 0 saturated heterocycles. The summed E-state index contributed by atoms with van der Waals surface area (Å²) in [6.45, 7) is 1.78. The fraction of sp³-hybridized carbons (Fsp3) is 0.188. The van der Waals surface area contributed by atoms with Crippen LogP contribution in [0, 0.1) is 6.92 Å².